The fourth-order valence-corrected chi connectivity index (χ4v) is 6.15. The van der Waals surface area contributed by atoms with E-state index in [9.17, 15) is 10.1 Å². The molecule has 0 unspecified atom stereocenters. The lowest BCUT2D eigenvalue weighted by atomic mass is 10.1. The Hall–Kier alpha value is -5.20. The number of aromatic nitrogens is 6. The molecule has 0 saturated carbocycles. The molecule has 15 heteroatoms. The maximum Gasteiger partial charge on any atom is 0.291 e. The minimum absolute atomic E-state index is 0.0976. The predicted molar refractivity (Wildman–Crippen MR) is 174 cm³/mol. The molecule has 14 nitrogen and oxygen atoms in total. The van der Waals surface area contributed by atoms with Gasteiger partial charge in [-0.1, -0.05) is 0 Å². The van der Waals surface area contributed by atoms with Gasteiger partial charge >= 0.3 is 0 Å². The van der Waals surface area contributed by atoms with E-state index in [-0.39, 0.29) is 49.0 Å². The van der Waals surface area contributed by atoms with Crippen LogP contribution < -0.4 is 15.0 Å². The smallest absolute Gasteiger partial charge is 0.291 e. The Morgan fingerprint density at radius 3 is 2.54 bits per heavy atom. The minimum Gasteiger partial charge on any atom is -0.486 e. The summed E-state index contributed by atoms with van der Waals surface area (Å²) in [6, 6.07) is 15.9. The molecule has 2 N–H and O–H groups in total. The fourth-order valence-electron chi connectivity index (χ4n) is 6.15. The number of likely N-dealkylation sites (tertiary alicyclic amines) is 1. The summed E-state index contributed by atoms with van der Waals surface area (Å²) in [5, 5.41) is 19.7. The van der Waals surface area contributed by atoms with Crippen LogP contribution in [0.15, 0.2) is 48.8 Å². The molecule has 248 valence electrons. The molecule has 3 saturated heterocycles. The molecule has 2 aromatic heterocycles. The van der Waals surface area contributed by atoms with E-state index in [0.717, 1.165) is 45.1 Å². The molecule has 3 fully saturated rings. The van der Waals surface area contributed by atoms with E-state index in [1.165, 1.54) is 12.0 Å². The van der Waals surface area contributed by atoms with Crippen molar-refractivity contribution in [3.63, 3.8) is 0 Å². The number of carbonyl (C=O) groups is 1. The van der Waals surface area contributed by atoms with E-state index in [2.05, 4.69) is 63.5 Å². The molecule has 5 heterocycles. The zero-order valence-electron chi connectivity index (χ0n) is 26.5. The summed E-state index contributed by atoms with van der Waals surface area (Å²) in [6.45, 7) is 7.89. The average molecular weight is 654 g/mol. The molecule has 1 amide bonds. The van der Waals surface area contributed by atoms with Crippen molar-refractivity contribution in [3.05, 3.63) is 66.0 Å². The number of rotatable bonds is 8. The Balaban J connectivity index is 0.975. The normalized spacial score (nSPS) is 20.4. The third-order valence-corrected chi connectivity index (χ3v) is 9.00. The second-order valence-electron chi connectivity index (χ2n) is 12.1. The Morgan fingerprint density at radius 1 is 1.04 bits per heavy atom. The van der Waals surface area contributed by atoms with Gasteiger partial charge < -0.3 is 24.6 Å². The summed E-state index contributed by atoms with van der Waals surface area (Å²) in [5.74, 6) is 1.24. The number of piperazine rings is 1. The van der Waals surface area contributed by atoms with Gasteiger partial charge in [-0.15, -0.1) is 0 Å². The van der Waals surface area contributed by atoms with Gasteiger partial charge in [0.25, 0.3) is 5.91 Å². The molecule has 4 aromatic rings. The van der Waals surface area contributed by atoms with Crippen molar-refractivity contribution in [1.82, 2.24) is 39.9 Å². The van der Waals surface area contributed by atoms with Crippen LogP contribution in [0.3, 0.4) is 0 Å². The van der Waals surface area contributed by atoms with E-state index in [1.54, 1.807) is 30.0 Å². The number of H-pyrrole nitrogens is 1. The minimum atomic E-state index is -1.32. The van der Waals surface area contributed by atoms with Crippen molar-refractivity contribution in [1.29, 1.82) is 5.26 Å². The van der Waals surface area contributed by atoms with Crippen molar-refractivity contribution in [2.75, 3.05) is 62.7 Å². The lowest BCUT2D eigenvalue weighted by Crippen LogP contribution is -2.56. The number of ether oxygens (including phenoxy) is 2. The van der Waals surface area contributed by atoms with Crippen molar-refractivity contribution in [3.8, 4) is 23.2 Å². The van der Waals surface area contributed by atoms with Gasteiger partial charge in [0.2, 0.25) is 11.8 Å². The highest BCUT2D eigenvalue weighted by molar-refractivity contribution is 5.90. The molecular weight excluding hydrogens is 617 g/mol. The number of amides is 1. The van der Waals surface area contributed by atoms with Gasteiger partial charge in [-0.05, 0) is 55.8 Å². The molecular formula is C33H36FN11O3. The lowest BCUT2D eigenvalue weighted by molar-refractivity contribution is -0.0660. The van der Waals surface area contributed by atoms with Crippen LogP contribution in [0.25, 0.3) is 11.4 Å². The number of alkyl halides is 1. The number of carbonyl (C=O) groups excluding carboxylic acids is 1. The third kappa shape index (κ3) is 6.90. The van der Waals surface area contributed by atoms with Crippen LogP contribution in [0.1, 0.15) is 34.8 Å². The van der Waals surface area contributed by atoms with E-state index < -0.39 is 12.3 Å². The first-order valence-electron chi connectivity index (χ1n) is 16.1. The number of hydrogen-bond donors (Lipinski definition) is 2. The predicted octanol–water partition coefficient (Wildman–Crippen LogP) is 3.12. The van der Waals surface area contributed by atoms with Crippen molar-refractivity contribution in [2.45, 2.75) is 38.1 Å². The molecule has 2 atom stereocenters. The molecule has 7 rings (SSSR count). The largest absolute Gasteiger partial charge is 0.486 e. The monoisotopic (exact) mass is 653 g/mol. The van der Waals surface area contributed by atoms with Gasteiger partial charge in [0.15, 0.2) is 5.82 Å². The van der Waals surface area contributed by atoms with Crippen LogP contribution in [0.5, 0.6) is 5.75 Å². The summed E-state index contributed by atoms with van der Waals surface area (Å²) in [5.41, 5.74) is 2.82. The van der Waals surface area contributed by atoms with Crippen LogP contribution in [-0.2, 0) is 4.74 Å². The number of nitrogens with zero attached hydrogens (tertiary/aromatic N) is 9. The number of nitriles is 1. The Bertz CT molecular complexity index is 1780. The highest BCUT2D eigenvalue weighted by Crippen LogP contribution is 2.29. The van der Waals surface area contributed by atoms with Crippen LogP contribution in [-0.4, -0.2) is 117 Å². The average Bonchev–Trinajstić information content (AvgIpc) is 3.45. The SMILES string of the molecule is Cc1n[nH]c(C(=O)N2CC[C@@H](F)[C@@H](Oc3ccc(-c4ncnc(Nc5ccc(N6CCN(C7COC7)CC6)cc5)n4)cc3C#N)CC2)n1. The summed E-state index contributed by atoms with van der Waals surface area (Å²) in [7, 11) is 0. The Labute approximate surface area is 276 Å². The molecule has 2 aromatic carbocycles. The topological polar surface area (TPSA) is 161 Å². The van der Waals surface area contributed by atoms with Crippen LogP contribution in [0.4, 0.5) is 21.7 Å². The van der Waals surface area contributed by atoms with E-state index in [1.807, 2.05) is 12.1 Å². The number of aromatic amines is 1. The first-order valence-corrected chi connectivity index (χ1v) is 16.1. The van der Waals surface area contributed by atoms with Gasteiger partial charge in [0.05, 0.1) is 24.8 Å². The quantitative estimate of drug-likeness (QED) is 0.286. The number of halogens is 1. The Kier molecular flexibility index (Phi) is 9.08. The second-order valence-corrected chi connectivity index (χ2v) is 12.1. The van der Waals surface area contributed by atoms with Crippen molar-refractivity contribution in [2.24, 2.45) is 0 Å². The van der Waals surface area contributed by atoms with Crippen molar-refractivity contribution < 1.29 is 18.7 Å². The van der Waals surface area contributed by atoms with Gasteiger partial charge in [-0.25, -0.2) is 19.3 Å². The molecule has 0 aliphatic carbocycles. The molecule has 0 radical (unpaired) electrons. The molecule has 3 aliphatic rings. The summed E-state index contributed by atoms with van der Waals surface area (Å²) < 4.78 is 26.6. The highest BCUT2D eigenvalue weighted by Gasteiger charge is 2.32. The Morgan fingerprint density at radius 2 is 1.83 bits per heavy atom. The van der Waals surface area contributed by atoms with Gasteiger partial charge in [0.1, 0.15) is 36.2 Å². The highest BCUT2D eigenvalue weighted by atomic mass is 19.1. The molecule has 0 bridgehead atoms. The van der Waals surface area contributed by atoms with E-state index >= 15 is 4.39 Å². The van der Waals surface area contributed by atoms with Crippen LogP contribution in [0.2, 0.25) is 0 Å². The number of nitrogens with one attached hydrogen (secondary N) is 2. The summed E-state index contributed by atoms with van der Waals surface area (Å²) in [4.78, 5) is 36.5. The van der Waals surface area contributed by atoms with Crippen molar-refractivity contribution >= 4 is 23.2 Å². The van der Waals surface area contributed by atoms with Crippen LogP contribution in [0, 0.1) is 18.3 Å². The fraction of sp³-hybridized carbons (Fsp3) is 0.424. The number of benzene rings is 2. The number of hydrogen-bond acceptors (Lipinski definition) is 12. The van der Waals surface area contributed by atoms with Gasteiger partial charge in [-0.3, -0.25) is 14.8 Å². The maximum absolute atomic E-state index is 15.2. The lowest BCUT2D eigenvalue weighted by Gasteiger charge is -2.43. The van der Waals surface area contributed by atoms with Crippen LogP contribution >= 0.6 is 0 Å². The maximum atomic E-state index is 15.2. The first kappa shape index (κ1) is 31.4. The number of anilines is 3. The molecule has 48 heavy (non-hydrogen) atoms. The number of aryl methyl sites for hydroxylation is 1. The standard InChI is InChI=1S/C33H36FN11O3/c1-21-38-31(42-41-21)32(46)45-10-8-27(34)29(9-11-45)48-28-7-2-22(16-23(28)17-35)30-36-20-37-33(40-30)39-24-3-5-25(6-4-24)43-12-14-44(15-13-43)26-18-47-19-26/h2-7,16,20,26-27,29H,8-15,18-19H2,1H3,(H,38,41,42)(H,36,37,39,40)/t27-,29+/m1/s1. The second kappa shape index (κ2) is 13.9. The molecule has 0 spiro atoms. The summed E-state index contributed by atoms with van der Waals surface area (Å²) in [6.07, 6.45) is -0.393. The van der Waals surface area contributed by atoms with Gasteiger partial charge in [0, 0.05) is 62.6 Å². The summed E-state index contributed by atoms with van der Waals surface area (Å²) >= 11 is 0. The zero-order valence-corrected chi connectivity index (χ0v) is 26.5. The third-order valence-electron chi connectivity index (χ3n) is 9.00. The first-order chi connectivity index (χ1) is 23.4. The van der Waals surface area contributed by atoms with E-state index in [4.69, 9.17) is 9.47 Å². The zero-order chi connectivity index (χ0) is 33.0. The van der Waals surface area contributed by atoms with E-state index in [0.29, 0.717) is 29.2 Å². The van der Waals surface area contributed by atoms with Gasteiger partial charge in [-0.2, -0.15) is 15.3 Å². The molecule has 3 aliphatic heterocycles.